The first kappa shape index (κ1) is 16.4. The quantitative estimate of drug-likeness (QED) is 0.861. The number of H-pyrrole nitrogens is 1. The molecule has 19 heavy (non-hydrogen) atoms. The van der Waals surface area contributed by atoms with Gasteiger partial charge in [-0.05, 0) is 39.3 Å². The van der Waals surface area contributed by atoms with E-state index in [0.29, 0.717) is 29.6 Å². The van der Waals surface area contributed by atoms with Gasteiger partial charge in [-0.2, -0.15) is 9.40 Å². The molecule has 2 rings (SSSR count). The summed E-state index contributed by atoms with van der Waals surface area (Å²) in [7, 11) is -1.44. The van der Waals surface area contributed by atoms with E-state index < -0.39 is 10.0 Å². The molecule has 1 aromatic heterocycles. The number of nitrogens with one attached hydrogen (secondary N) is 2. The Labute approximate surface area is 120 Å². The summed E-state index contributed by atoms with van der Waals surface area (Å²) >= 11 is 0. The van der Waals surface area contributed by atoms with E-state index in [4.69, 9.17) is 0 Å². The number of piperidine rings is 1. The third kappa shape index (κ3) is 3.47. The van der Waals surface area contributed by atoms with Gasteiger partial charge in [0.1, 0.15) is 4.90 Å². The Kier molecular flexibility index (Phi) is 5.79. The van der Waals surface area contributed by atoms with Gasteiger partial charge >= 0.3 is 0 Å². The number of aromatic amines is 1. The summed E-state index contributed by atoms with van der Waals surface area (Å²) in [5.74, 6) is 0.576. The summed E-state index contributed by atoms with van der Waals surface area (Å²) in [6, 6.07) is 0. The lowest BCUT2D eigenvalue weighted by Crippen LogP contribution is -2.40. The van der Waals surface area contributed by atoms with Gasteiger partial charge in [0.2, 0.25) is 10.0 Å². The SMILES string of the molecule is CNCC1CCN(S(=O)(=O)c2cn[nH]c2C)CC1.Cl. The molecule has 8 heteroatoms. The summed E-state index contributed by atoms with van der Waals surface area (Å²) in [5, 5.41) is 9.61. The zero-order valence-corrected chi connectivity index (χ0v) is 12.9. The predicted octanol–water partition coefficient (Wildman–Crippen LogP) is 0.760. The average Bonchev–Trinajstić information content (AvgIpc) is 2.77. The zero-order chi connectivity index (χ0) is 13.2. The molecule has 0 atom stereocenters. The van der Waals surface area contributed by atoms with Crippen LogP contribution in [-0.2, 0) is 10.0 Å². The van der Waals surface area contributed by atoms with Crippen molar-refractivity contribution in [1.29, 1.82) is 0 Å². The molecule has 1 fully saturated rings. The van der Waals surface area contributed by atoms with Crippen LogP contribution in [0.1, 0.15) is 18.5 Å². The lowest BCUT2D eigenvalue weighted by Gasteiger charge is -2.30. The first-order valence-corrected chi connectivity index (χ1v) is 7.64. The Bertz CT molecular complexity index is 495. The van der Waals surface area contributed by atoms with Crippen molar-refractivity contribution >= 4 is 22.4 Å². The maximum absolute atomic E-state index is 12.4. The van der Waals surface area contributed by atoms with Crippen molar-refractivity contribution in [3.05, 3.63) is 11.9 Å². The topological polar surface area (TPSA) is 78.1 Å². The second kappa shape index (κ2) is 6.69. The highest BCUT2D eigenvalue weighted by Gasteiger charge is 2.30. The monoisotopic (exact) mass is 308 g/mol. The van der Waals surface area contributed by atoms with E-state index in [1.54, 1.807) is 11.2 Å². The molecule has 1 saturated heterocycles. The molecule has 0 bridgehead atoms. The molecule has 2 heterocycles. The van der Waals surface area contributed by atoms with Crippen LogP contribution in [0, 0.1) is 12.8 Å². The van der Waals surface area contributed by atoms with E-state index in [1.165, 1.54) is 6.20 Å². The van der Waals surface area contributed by atoms with Gasteiger partial charge in [-0.15, -0.1) is 12.4 Å². The smallest absolute Gasteiger partial charge is 0.246 e. The van der Waals surface area contributed by atoms with Crippen molar-refractivity contribution in [2.75, 3.05) is 26.7 Å². The van der Waals surface area contributed by atoms with Crippen LogP contribution in [0.4, 0.5) is 0 Å². The molecule has 1 aromatic rings. The second-order valence-corrected chi connectivity index (χ2v) is 6.67. The van der Waals surface area contributed by atoms with Crippen molar-refractivity contribution in [3.8, 4) is 0 Å². The van der Waals surface area contributed by atoms with Crippen LogP contribution in [-0.4, -0.2) is 49.6 Å². The molecule has 0 saturated carbocycles. The normalized spacial score (nSPS) is 18.2. The lowest BCUT2D eigenvalue weighted by atomic mass is 9.98. The van der Waals surface area contributed by atoms with Gasteiger partial charge in [-0.3, -0.25) is 5.10 Å². The number of hydrogen-bond donors (Lipinski definition) is 2. The third-order valence-corrected chi connectivity index (χ3v) is 5.48. The fourth-order valence-electron chi connectivity index (χ4n) is 2.38. The first-order valence-electron chi connectivity index (χ1n) is 6.20. The molecule has 1 aliphatic rings. The summed E-state index contributed by atoms with van der Waals surface area (Å²) in [4.78, 5) is 0.301. The molecular formula is C11H21ClN4O2S. The largest absolute Gasteiger partial charge is 0.319 e. The maximum Gasteiger partial charge on any atom is 0.246 e. The van der Waals surface area contributed by atoms with Crippen LogP contribution in [0.25, 0.3) is 0 Å². The van der Waals surface area contributed by atoms with Crippen molar-refractivity contribution in [2.45, 2.75) is 24.7 Å². The summed E-state index contributed by atoms with van der Waals surface area (Å²) in [5.41, 5.74) is 0.604. The molecular weight excluding hydrogens is 288 g/mol. The molecule has 1 aliphatic heterocycles. The minimum absolute atomic E-state index is 0. The summed E-state index contributed by atoms with van der Waals surface area (Å²) in [6.07, 6.45) is 3.22. The van der Waals surface area contributed by atoms with Crippen LogP contribution in [0.3, 0.4) is 0 Å². The van der Waals surface area contributed by atoms with E-state index in [0.717, 1.165) is 19.4 Å². The highest BCUT2D eigenvalue weighted by Crippen LogP contribution is 2.24. The third-order valence-electron chi connectivity index (χ3n) is 3.47. The molecule has 2 N–H and O–H groups in total. The van der Waals surface area contributed by atoms with Gasteiger partial charge in [0.25, 0.3) is 0 Å². The highest BCUT2D eigenvalue weighted by atomic mass is 35.5. The van der Waals surface area contributed by atoms with E-state index in [1.807, 2.05) is 7.05 Å². The average molecular weight is 309 g/mol. The van der Waals surface area contributed by atoms with Gasteiger partial charge in [0, 0.05) is 13.1 Å². The number of hydrogen-bond acceptors (Lipinski definition) is 4. The Morgan fingerprint density at radius 3 is 2.58 bits per heavy atom. The van der Waals surface area contributed by atoms with E-state index in [2.05, 4.69) is 15.5 Å². The molecule has 0 unspecified atom stereocenters. The molecule has 0 amide bonds. The van der Waals surface area contributed by atoms with E-state index >= 15 is 0 Å². The zero-order valence-electron chi connectivity index (χ0n) is 11.2. The molecule has 0 aliphatic carbocycles. The number of aryl methyl sites for hydroxylation is 1. The fraction of sp³-hybridized carbons (Fsp3) is 0.727. The maximum atomic E-state index is 12.4. The Hall–Kier alpha value is -0.630. The number of sulfonamides is 1. The van der Waals surface area contributed by atoms with Crippen molar-refractivity contribution < 1.29 is 8.42 Å². The van der Waals surface area contributed by atoms with Gasteiger partial charge in [0.05, 0.1) is 11.9 Å². The summed E-state index contributed by atoms with van der Waals surface area (Å²) < 4.78 is 26.3. The van der Waals surface area contributed by atoms with Crippen LogP contribution in [0.15, 0.2) is 11.1 Å². The molecule has 0 spiro atoms. The van der Waals surface area contributed by atoms with Crippen molar-refractivity contribution in [2.24, 2.45) is 5.92 Å². The second-order valence-electron chi connectivity index (χ2n) is 4.76. The molecule has 0 radical (unpaired) electrons. The van der Waals surface area contributed by atoms with Gasteiger partial charge in [-0.25, -0.2) is 8.42 Å². The van der Waals surface area contributed by atoms with Crippen LogP contribution < -0.4 is 5.32 Å². The highest BCUT2D eigenvalue weighted by molar-refractivity contribution is 7.89. The van der Waals surface area contributed by atoms with Crippen LogP contribution in [0.2, 0.25) is 0 Å². The van der Waals surface area contributed by atoms with Crippen molar-refractivity contribution in [1.82, 2.24) is 19.8 Å². The van der Waals surface area contributed by atoms with Crippen LogP contribution in [0.5, 0.6) is 0 Å². The molecule has 0 aromatic carbocycles. The van der Waals surface area contributed by atoms with E-state index in [-0.39, 0.29) is 12.4 Å². The number of aromatic nitrogens is 2. The number of rotatable bonds is 4. The summed E-state index contributed by atoms with van der Waals surface area (Å²) in [6.45, 7) is 3.88. The number of halogens is 1. The van der Waals surface area contributed by atoms with Gasteiger partial charge in [-0.1, -0.05) is 0 Å². The van der Waals surface area contributed by atoms with Gasteiger partial charge in [0.15, 0.2) is 0 Å². The van der Waals surface area contributed by atoms with Crippen molar-refractivity contribution in [3.63, 3.8) is 0 Å². The Morgan fingerprint density at radius 2 is 2.11 bits per heavy atom. The minimum Gasteiger partial charge on any atom is -0.319 e. The lowest BCUT2D eigenvalue weighted by molar-refractivity contribution is 0.270. The Balaban J connectivity index is 0.00000180. The molecule has 6 nitrogen and oxygen atoms in total. The minimum atomic E-state index is -3.37. The fourth-order valence-corrected chi connectivity index (χ4v) is 3.97. The van der Waals surface area contributed by atoms with Gasteiger partial charge < -0.3 is 5.32 Å². The standard InChI is InChI=1S/C11H20N4O2S.ClH/c1-9-11(8-13-14-9)18(16,17)15-5-3-10(4-6-15)7-12-2;/h8,10,12H,3-7H2,1-2H3,(H,13,14);1H. The predicted molar refractivity (Wildman–Crippen MR) is 76.0 cm³/mol. The van der Waals surface area contributed by atoms with Crippen LogP contribution >= 0.6 is 12.4 Å². The van der Waals surface area contributed by atoms with E-state index in [9.17, 15) is 8.42 Å². The molecule has 110 valence electrons. The first-order chi connectivity index (χ1) is 8.55. The number of nitrogens with zero attached hydrogens (tertiary/aromatic N) is 2. The Morgan fingerprint density at radius 1 is 1.47 bits per heavy atom.